The fourth-order valence-corrected chi connectivity index (χ4v) is 4.94. The highest BCUT2D eigenvalue weighted by Gasteiger charge is 2.28. The Hall–Kier alpha value is -3.40. The van der Waals surface area contributed by atoms with Gasteiger partial charge < -0.3 is 15.4 Å². The van der Waals surface area contributed by atoms with Gasteiger partial charge in [-0.25, -0.2) is 8.42 Å². The Morgan fingerprint density at radius 2 is 1.67 bits per heavy atom. The lowest BCUT2D eigenvalue weighted by Gasteiger charge is -2.25. The fourth-order valence-electron chi connectivity index (χ4n) is 3.40. The molecule has 8 nitrogen and oxygen atoms in total. The number of benzene rings is 3. The molecule has 0 aromatic heterocycles. The van der Waals surface area contributed by atoms with Crippen LogP contribution in [-0.2, 0) is 19.6 Å². The van der Waals surface area contributed by atoms with E-state index < -0.39 is 22.5 Å². The van der Waals surface area contributed by atoms with E-state index in [9.17, 15) is 18.0 Å². The molecule has 0 bridgehead atoms. The molecular formula is C26H28ClN3O5S. The Morgan fingerprint density at radius 1 is 0.972 bits per heavy atom. The summed E-state index contributed by atoms with van der Waals surface area (Å²) in [5.74, 6) is -0.995. The first-order valence-corrected chi connectivity index (χ1v) is 13.0. The van der Waals surface area contributed by atoms with E-state index in [1.54, 1.807) is 42.5 Å². The number of anilines is 2. The molecule has 3 rings (SSSR count). The summed E-state index contributed by atoms with van der Waals surface area (Å²) in [4.78, 5) is 25.7. The third-order valence-corrected chi connectivity index (χ3v) is 7.54. The van der Waals surface area contributed by atoms with Crippen molar-refractivity contribution in [1.29, 1.82) is 0 Å². The van der Waals surface area contributed by atoms with Gasteiger partial charge in [-0.15, -0.1) is 0 Å². The number of amides is 2. The number of halogens is 1. The van der Waals surface area contributed by atoms with Crippen molar-refractivity contribution < 1.29 is 22.7 Å². The van der Waals surface area contributed by atoms with Gasteiger partial charge in [-0.1, -0.05) is 29.8 Å². The molecule has 0 aliphatic carbocycles. The van der Waals surface area contributed by atoms with Crippen LogP contribution < -0.4 is 14.9 Å². The van der Waals surface area contributed by atoms with E-state index in [-0.39, 0.29) is 22.1 Å². The Morgan fingerprint density at radius 3 is 2.33 bits per heavy atom. The van der Waals surface area contributed by atoms with Gasteiger partial charge in [-0.2, -0.15) is 0 Å². The van der Waals surface area contributed by atoms with Crippen molar-refractivity contribution in [2.45, 2.75) is 18.7 Å². The number of aryl methyl sites for hydroxylation is 2. The molecule has 2 amide bonds. The maximum atomic E-state index is 13.6. The molecule has 0 saturated heterocycles. The Bertz CT molecular complexity index is 1340. The second-order valence-corrected chi connectivity index (χ2v) is 10.4. The summed E-state index contributed by atoms with van der Waals surface area (Å²) in [5.41, 5.74) is 2.72. The zero-order valence-corrected chi connectivity index (χ0v) is 21.8. The summed E-state index contributed by atoms with van der Waals surface area (Å²) in [6, 6.07) is 17.4. The average Bonchev–Trinajstić information content (AvgIpc) is 2.85. The topological polar surface area (TPSA) is 105 Å². The summed E-state index contributed by atoms with van der Waals surface area (Å²) in [6.07, 6.45) is 0. The van der Waals surface area contributed by atoms with Gasteiger partial charge >= 0.3 is 0 Å². The van der Waals surface area contributed by atoms with Crippen molar-refractivity contribution in [3.05, 3.63) is 88.4 Å². The molecule has 0 heterocycles. The second kappa shape index (κ2) is 12.0. The van der Waals surface area contributed by atoms with Crippen LogP contribution in [0.4, 0.5) is 11.4 Å². The molecule has 3 aromatic carbocycles. The number of nitrogens with zero attached hydrogens (tertiary/aromatic N) is 1. The minimum Gasteiger partial charge on any atom is -0.383 e. The van der Waals surface area contributed by atoms with Gasteiger partial charge in [-0.05, 0) is 73.5 Å². The zero-order valence-electron chi connectivity index (χ0n) is 20.2. The number of ether oxygens (including phenoxy) is 1. The zero-order chi connectivity index (χ0) is 26.3. The quantitative estimate of drug-likeness (QED) is 0.384. The minimum atomic E-state index is -4.11. The number of para-hydroxylation sites is 1. The number of hydrogen-bond acceptors (Lipinski definition) is 5. The molecule has 0 aliphatic rings. The van der Waals surface area contributed by atoms with Gasteiger partial charge in [0.05, 0.1) is 28.4 Å². The van der Waals surface area contributed by atoms with Crippen molar-refractivity contribution in [1.82, 2.24) is 5.32 Å². The highest BCUT2D eigenvalue weighted by atomic mass is 35.5. The summed E-state index contributed by atoms with van der Waals surface area (Å²) in [6.45, 7) is 3.92. The molecule has 0 saturated carbocycles. The van der Waals surface area contributed by atoms with Crippen LogP contribution in [0.2, 0.25) is 5.02 Å². The lowest BCUT2D eigenvalue weighted by Crippen LogP contribution is -2.38. The number of carbonyl (C=O) groups excluding carboxylic acids is 2. The fraction of sp³-hybridized carbons (Fsp3) is 0.231. The van der Waals surface area contributed by atoms with E-state index in [1.165, 1.54) is 31.4 Å². The van der Waals surface area contributed by atoms with Crippen LogP contribution >= 0.6 is 11.6 Å². The molecule has 0 atom stereocenters. The SMILES string of the molecule is COCCNC(=O)c1ccccc1NC(=O)CN(c1ccc(C)c(C)c1)S(=O)(=O)c1ccc(Cl)cc1. The normalized spacial score (nSPS) is 11.1. The van der Waals surface area contributed by atoms with E-state index in [0.717, 1.165) is 15.4 Å². The standard InChI is InChI=1S/C26H28ClN3O5S/c1-18-8-11-21(16-19(18)2)30(36(33,34)22-12-9-20(27)10-13-22)17-25(31)29-24-7-5-4-6-23(24)26(32)28-14-15-35-3/h4-13,16H,14-15,17H2,1-3H3,(H,28,32)(H,29,31). The van der Waals surface area contributed by atoms with Crippen LogP contribution in [0.15, 0.2) is 71.6 Å². The van der Waals surface area contributed by atoms with E-state index in [4.69, 9.17) is 16.3 Å². The molecule has 0 aliphatic heterocycles. The maximum absolute atomic E-state index is 13.6. The van der Waals surface area contributed by atoms with E-state index >= 15 is 0 Å². The van der Waals surface area contributed by atoms with Crippen molar-refractivity contribution in [2.24, 2.45) is 0 Å². The van der Waals surface area contributed by atoms with Crippen LogP contribution in [0.5, 0.6) is 0 Å². The molecule has 0 fully saturated rings. The van der Waals surface area contributed by atoms with Crippen molar-refractivity contribution in [3.63, 3.8) is 0 Å². The third kappa shape index (κ3) is 6.63. The predicted octanol–water partition coefficient (Wildman–Crippen LogP) is 4.17. The largest absolute Gasteiger partial charge is 0.383 e. The Balaban J connectivity index is 1.91. The smallest absolute Gasteiger partial charge is 0.264 e. The molecule has 190 valence electrons. The summed E-state index contributed by atoms with van der Waals surface area (Å²) in [7, 11) is -2.58. The van der Waals surface area contributed by atoms with Gasteiger partial charge in [0.1, 0.15) is 6.54 Å². The summed E-state index contributed by atoms with van der Waals surface area (Å²) >= 11 is 5.94. The summed E-state index contributed by atoms with van der Waals surface area (Å²) < 4.78 is 33.1. The molecule has 0 spiro atoms. The number of nitrogens with one attached hydrogen (secondary N) is 2. The van der Waals surface area contributed by atoms with Crippen LogP contribution in [0.1, 0.15) is 21.5 Å². The molecule has 10 heteroatoms. The predicted molar refractivity (Wildman–Crippen MR) is 141 cm³/mol. The monoisotopic (exact) mass is 529 g/mol. The van der Waals surface area contributed by atoms with Crippen LogP contribution in [-0.4, -0.2) is 47.0 Å². The van der Waals surface area contributed by atoms with Crippen molar-refractivity contribution >= 4 is 44.8 Å². The minimum absolute atomic E-state index is 0.00384. The van der Waals surface area contributed by atoms with Gasteiger partial charge in [0.15, 0.2) is 0 Å². The first kappa shape index (κ1) is 27.2. The lowest BCUT2D eigenvalue weighted by molar-refractivity contribution is -0.114. The van der Waals surface area contributed by atoms with Crippen LogP contribution in [0, 0.1) is 13.8 Å². The number of hydrogen-bond donors (Lipinski definition) is 2. The second-order valence-electron chi connectivity index (χ2n) is 8.08. The maximum Gasteiger partial charge on any atom is 0.264 e. The van der Waals surface area contributed by atoms with E-state index in [0.29, 0.717) is 23.9 Å². The van der Waals surface area contributed by atoms with Gasteiger partial charge in [0, 0.05) is 18.7 Å². The Kier molecular flexibility index (Phi) is 9.08. The summed E-state index contributed by atoms with van der Waals surface area (Å²) in [5, 5.41) is 5.79. The molecule has 0 radical (unpaired) electrons. The Labute approximate surface area is 216 Å². The van der Waals surface area contributed by atoms with Crippen molar-refractivity contribution in [3.8, 4) is 0 Å². The molecule has 0 unspecified atom stereocenters. The molecule has 3 aromatic rings. The molecule has 2 N–H and O–H groups in total. The first-order chi connectivity index (χ1) is 17.1. The van der Waals surface area contributed by atoms with E-state index in [1.807, 2.05) is 13.8 Å². The van der Waals surface area contributed by atoms with Gasteiger partial charge in [0.2, 0.25) is 5.91 Å². The number of methoxy groups -OCH3 is 1. The highest BCUT2D eigenvalue weighted by Crippen LogP contribution is 2.27. The van der Waals surface area contributed by atoms with Crippen LogP contribution in [0.25, 0.3) is 0 Å². The van der Waals surface area contributed by atoms with Gasteiger partial charge in [-0.3, -0.25) is 13.9 Å². The average molecular weight is 530 g/mol. The van der Waals surface area contributed by atoms with Crippen LogP contribution in [0.3, 0.4) is 0 Å². The number of carbonyl (C=O) groups is 2. The lowest BCUT2D eigenvalue weighted by atomic mass is 10.1. The number of sulfonamides is 1. The molecular weight excluding hydrogens is 502 g/mol. The first-order valence-electron chi connectivity index (χ1n) is 11.1. The van der Waals surface area contributed by atoms with Crippen molar-refractivity contribution in [2.75, 3.05) is 36.4 Å². The third-order valence-electron chi connectivity index (χ3n) is 5.50. The van der Waals surface area contributed by atoms with Gasteiger partial charge in [0.25, 0.3) is 15.9 Å². The van der Waals surface area contributed by atoms with E-state index in [2.05, 4.69) is 10.6 Å². The molecule has 36 heavy (non-hydrogen) atoms. The highest BCUT2D eigenvalue weighted by molar-refractivity contribution is 7.92. The number of rotatable bonds is 10.